The normalized spacial score (nSPS) is 10.7. The van der Waals surface area contributed by atoms with E-state index in [1.54, 1.807) is 13.4 Å². The Morgan fingerprint density at radius 1 is 1.46 bits per heavy atom. The van der Waals surface area contributed by atoms with Gasteiger partial charge in [0.2, 0.25) is 0 Å². The monoisotopic (exact) mass is 240 g/mol. The highest BCUT2D eigenvalue weighted by Crippen LogP contribution is 2.27. The molecule has 0 radical (unpaired) electrons. The summed E-state index contributed by atoms with van der Waals surface area (Å²) in [6, 6.07) is 3.85. The molecule has 0 saturated heterocycles. The summed E-state index contributed by atoms with van der Waals surface area (Å²) in [6.45, 7) is 0. The third-order valence-corrected chi connectivity index (χ3v) is 2.58. The minimum Gasteiger partial charge on any atom is -0.497 e. The number of ether oxygens (including phenoxy) is 1. The van der Waals surface area contributed by atoms with Gasteiger partial charge in [-0.25, -0.2) is 4.98 Å². The van der Waals surface area contributed by atoms with Crippen molar-refractivity contribution >= 4 is 27.0 Å². The Balaban J connectivity index is 2.79. The zero-order valence-corrected chi connectivity index (χ0v) is 9.00. The highest BCUT2D eigenvalue weighted by molar-refractivity contribution is 9.10. The minimum atomic E-state index is 0.818. The standard InChI is InChI=1S/C9H9BrN2O/c1-12-5-11-8-4-6(13-2)3-7(10)9(8)12/h3-5H,1-2H3. The summed E-state index contributed by atoms with van der Waals surface area (Å²) in [5.74, 6) is 0.818. The molecule has 0 aliphatic rings. The molecule has 3 nitrogen and oxygen atoms in total. The van der Waals surface area contributed by atoms with Crippen LogP contribution in [0.1, 0.15) is 0 Å². The molecule has 1 aromatic carbocycles. The van der Waals surface area contributed by atoms with E-state index in [1.165, 1.54) is 0 Å². The van der Waals surface area contributed by atoms with E-state index in [2.05, 4.69) is 20.9 Å². The molecule has 0 N–H and O–H groups in total. The second-order valence-corrected chi connectivity index (χ2v) is 3.69. The summed E-state index contributed by atoms with van der Waals surface area (Å²) in [7, 11) is 3.61. The Morgan fingerprint density at radius 3 is 2.92 bits per heavy atom. The van der Waals surface area contributed by atoms with Crippen molar-refractivity contribution in [2.24, 2.45) is 7.05 Å². The maximum Gasteiger partial charge on any atom is 0.122 e. The van der Waals surface area contributed by atoms with Gasteiger partial charge in [-0.2, -0.15) is 0 Å². The summed E-state index contributed by atoms with van der Waals surface area (Å²) < 4.78 is 8.11. The maximum absolute atomic E-state index is 5.13. The zero-order chi connectivity index (χ0) is 9.42. The molecule has 0 aliphatic heterocycles. The molecular weight excluding hydrogens is 232 g/mol. The summed E-state index contributed by atoms with van der Waals surface area (Å²) in [5.41, 5.74) is 2.02. The number of nitrogens with zero attached hydrogens (tertiary/aromatic N) is 2. The first kappa shape index (κ1) is 8.56. The second kappa shape index (κ2) is 3.03. The summed E-state index contributed by atoms with van der Waals surface area (Å²) in [6.07, 6.45) is 1.79. The molecule has 0 unspecified atom stereocenters. The van der Waals surface area contributed by atoms with Crippen molar-refractivity contribution in [3.05, 3.63) is 22.9 Å². The molecule has 0 bridgehead atoms. The van der Waals surface area contributed by atoms with Crippen LogP contribution in [0.2, 0.25) is 0 Å². The number of methoxy groups -OCH3 is 1. The Hall–Kier alpha value is -1.03. The quantitative estimate of drug-likeness (QED) is 0.766. The van der Waals surface area contributed by atoms with Crippen molar-refractivity contribution in [3.63, 3.8) is 0 Å². The molecule has 1 heterocycles. The van der Waals surface area contributed by atoms with E-state index in [-0.39, 0.29) is 0 Å². The predicted molar refractivity (Wildman–Crippen MR) is 55.0 cm³/mol. The van der Waals surface area contributed by atoms with Gasteiger partial charge < -0.3 is 9.30 Å². The molecule has 0 aliphatic carbocycles. The van der Waals surface area contributed by atoms with E-state index >= 15 is 0 Å². The van der Waals surface area contributed by atoms with Crippen LogP contribution in [0.5, 0.6) is 5.75 Å². The predicted octanol–water partition coefficient (Wildman–Crippen LogP) is 2.34. The Labute approximate surface area is 84.5 Å². The lowest BCUT2D eigenvalue weighted by Gasteiger charge is -2.02. The van der Waals surface area contributed by atoms with E-state index in [1.807, 2.05) is 23.7 Å². The van der Waals surface area contributed by atoms with Gasteiger partial charge in [-0.3, -0.25) is 0 Å². The van der Waals surface area contributed by atoms with Crippen LogP contribution in [0.25, 0.3) is 11.0 Å². The zero-order valence-electron chi connectivity index (χ0n) is 7.41. The highest BCUT2D eigenvalue weighted by Gasteiger charge is 2.06. The van der Waals surface area contributed by atoms with E-state index < -0.39 is 0 Å². The van der Waals surface area contributed by atoms with E-state index in [9.17, 15) is 0 Å². The summed E-state index contributed by atoms with van der Waals surface area (Å²) in [4.78, 5) is 4.24. The molecule has 2 aromatic rings. The maximum atomic E-state index is 5.13. The Morgan fingerprint density at radius 2 is 2.23 bits per heavy atom. The lowest BCUT2D eigenvalue weighted by atomic mass is 10.3. The first-order valence-corrected chi connectivity index (χ1v) is 4.66. The van der Waals surface area contributed by atoms with Crippen LogP contribution in [-0.4, -0.2) is 16.7 Å². The van der Waals surface area contributed by atoms with E-state index in [4.69, 9.17) is 4.74 Å². The minimum absolute atomic E-state index is 0.818. The number of hydrogen-bond donors (Lipinski definition) is 0. The molecular formula is C9H9BrN2O. The summed E-state index contributed by atoms with van der Waals surface area (Å²) in [5, 5.41) is 0. The highest BCUT2D eigenvalue weighted by atomic mass is 79.9. The SMILES string of the molecule is COc1cc(Br)c2c(c1)ncn2C. The van der Waals surface area contributed by atoms with Gasteiger partial charge in [-0.1, -0.05) is 0 Å². The van der Waals surface area contributed by atoms with Crippen molar-refractivity contribution in [1.82, 2.24) is 9.55 Å². The average molecular weight is 241 g/mol. The van der Waals surface area contributed by atoms with Crippen molar-refractivity contribution in [1.29, 1.82) is 0 Å². The largest absolute Gasteiger partial charge is 0.497 e. The number of aryl methyl sites for hydroxylation is 1. The van der Waals surface area contributed by atoms with Crippen molar-refractivity contribution < 1.29 is 4.74 Å². The molecule has 68 valence electrons. The van der Waals surface area contributed by atoms with E-state index in [0.717, 1.165) is 21.3 Å². The van der Waals surface area contributed by atoms with Crippen LogP contribution in [0, 0.1) is 0 Å². The number of halogens is 1. The Kier molecular flexibility index (Phi) is 2.00. The number of fused-ring (bicyclic) bond motifs is 1. The molecule has 0 spiro atoms. The second-order valence-electron chi connectivity index (χ2n) is 2.83. The first-order chi connectivity index (χ1) is 6.22. The van der Waals surface area contributed by atoms with Crippen molar-refractivity contribution in [2.75, 3.05) is 7.11 Å². The van der Waals surface area contributed by atoms with Crippen LogP contribution < -0.4 is 4.74 Å². The number of aromatic nitrogens is 2. The first-order valence-electron chi connectivity index (χ1n) is 3.87. The number of imidazole rings is 1. The third-order valence-electron chi connectivity index (χ3n) is 1.98. The fourth-order valence-electron chi connectivity index (χ4n) is 1.33. The molecule has 2 rings (SSSR count). The van der Waals surface area contributed by atoms with Gasteiger partial charge >= 0.3 is 0 Å². The van der Waals surface area contributed by atoms with Gasteiger partial charge in [0.1, 0.15) is 5.75 Å². The average Bonchev–Trinajstić information content (AvgIpc) is 2.48. The van der Waals surface area contributed by atoms with Gasteiger partial charge in [-0.05, 0) is 22.0 Å². The lowest BCUT2D eigenvalue weighted by molar-refractivity contribution is 0.415. The van der Waals surface area contributed by atoms with Crippen LogP contribution in [0.15, 0.2) is 22.9 Å². The lowest BCUT2D eigenvalue weighted by Crippen LogP contribution is -1.87. The molecule has 0 amide bonds. The van der Waals surface area contributed by atoms with Crippen LogP contribution in [0.4, 0.5) is 0 Å². The Bertz CT molecular complexity index is 450. The van der Waals surface area contributed by atoms with Crippen LogP contribution >= 0.6 is 15.9 Å². The van der Waals surface area contributed by atoms with Gasteiger partial charge in [-0.15, -0.1) is 0 Å². The summed E-state index contributed by atoms with van der Waals surface area (Å²) >= 11 is 3.48. The molecule has 4 heteroatoms. The number of hydrogen-bond acceptors (Lipinski definition) is 2. The molecule has 0 saturated carbocycles. The third kappa shape index (κ3) is 1.31. The number of benzene rings is 1. The molecule has 0 fully saturated rings. The van der Waals surface area contributed by atoms with Crippen molar-refractivity contribution in [2.45, 2.75) is 0 Å². The fourth-order valence-corrected chi connectivity index (χ4v) is 2.04. The number of rotatable bonds is 1. The van der Waals surface area contributed by atoms with E-state index in [0.29, 0.717) is 0 Å². The van der Waals surface area contributed by atoms with Gasteiger partial charge in [0.05, 0.1) is 24.5 Å². The van der Waals surface area contributed by atoms with Crippen LogP contribution in [-0.2, 0) is 7.05 Å². The fraction of sp³-hybridized carbons (Fsp3) is 0.222. The van der Waals surface area contributed by atoms with Gasteiger partial charge in [0.15, 0.2) is 0 Å². The molecule has 0 atom stereocenters. The topological polar surface area (TPSA) is 27.1 Å². The molecule has 1 aromatic heterocycles. The smallest absolute Gasteiger partial charge is 0.122 e. The molecule has 13 heavy (non-hydrogen) atoms. The van der Waals surface area contributed by atoms with Gasteiger partial charge in [0.25, 0.3) is 0 Å². The van der Waals surface area contributed by atoms with Crippen LogP contribution in [0.3, 0.4) is 0 Å². The van der Waals surface area contributed by atoms with Crippen molar-refractivity contribution in [3.8, 4) is 5.75 Å². The van der Waals surface area contributed by atoms with Gasteiger partial charge in [0, 0.05) is 17.6 Å².